The molecule has 31 heavy (non-hydrogen) atoms. The molecule has 7 nitrogen and oxygen atoms in total. The molecule has 3 N–H and O–H groups in total. The molecule has 0 spiro atoms. The van der Waals surface area contributed by atoms with E-state index in [0.717, 1.165) is 0 Å². The Kier molecular flexibility index (Phi) is 4.71. The molecule has 2 aromatic rings. The average Bonchev–Trinajstić information content (AvgIpc) is 2.72. The molecule has 0 unspecified atom stereocenters. The van der Waals surface area contributed by atoms with Crippen molar-refractivity contribution in [3.05, 3.63) is 73.9 Å². The van der Waals surface area contributed by atoms with E-state index in [9.17, 15) is 29.7 Å². The fourth-order valence-corrected chi connectivity index (χ4v) is 3.96. The summed E-state index contributed by atoms with van der Waals surface area (Å²) < 4.78 is 5.95. The molecular formula is C23H15ClO7. The van der Waals surface area contributed by atoms with E-state index in [-0.39, 0.29) is 33.6 Å². The summed E-state index contributed by atoms with van der Waals surface area (Å²) in [6.07, 6.45) is 0. The van der Waals surface area contributed by atoms with E-state index in [0.29, 0.717) is 21.5 Å². The van der Waals surface area contributed by atoms with Crippen LogP contribution >= 0.6 is 11.6 Å². The third-order valence-electron chi connectivity index (χ3n) is 5.29. The van der Waals surface area contributed by atoms with Gasteiger partial charge in [-0.1, -0.05) is 29.8 Å². The first kappa shape index (κ1) is 20.4. The third kappa shape index (κ3) is 3.02. The van der Waals surface area contributed by atoms with Crippen LogP contribution in [0.1, 0.15) is 31.8 Å². The molecule has 0 fully saturated rings. The standard InChI is InChI=1S/C23H15ClO7/c1-9-18(25)14(22(27)28)7-12-17(11-5-3-4-6-16(11)24)13-8-15(23(29)30)19(26)10(2)21(13)31-20(9)12/h3-8,25H,1-2H3,(H,27,28)(H,29,30). The number of halogens is 1. The summed E-state index contributed by atoms with van der Waals surface area (Å²) in [6.45, 7) is 2.94. The topological polar surface area (TPSA) is 125 Å². The molecule has 8 heteroatoms. The molecule has 2 aromatic carbocycles. The van der Waals surface area contributed by atoms with E-state index < -0.39 is 28.7 Å². The van der Waals surface area contributed by atoms with Crippen LogP contribution in [0.5, 0.6) is 5.75 Å². The van der Waals surface area contributed by atoms with Gasteiger partial charge in [0.1, 0.15) is 28.2 Å². The monoisotopic (exact) mass is 438 g/mol. The number of carboxylic acids is 2. The second-order valence-electron chi connectivity index (χ2n) is 7.10. The summed E-state index contributed by atoms with van der Waals surface area (Å²) in [4.78, 5) is 35.9. The van der Waals surface area contributed by atoms with Gasteiger partial charge in [-0.15, -0.1) is 0 Å². The van der Waals surface area contributed by atoms with Crippen molar-refractivity contribution < 1.29 is 29.3 Å². The van der Waals surface area contributed by atoms with Gasteiger partial charge in [0.2, 0.25) is 0 Å². The highest BCUT2D eigenvalue weighted by atomic mass is 35.5. The van der Waals surface area contributed by atoms with Crippen LogP contribution in [0.3, 0.4) is 0 Å². The maximum atomic E-state index is 12.6. The molecule has 0 bridgehead atoms. The van der Waals surface area contributed by atoms with Crippen molar-refractivity contribution in [2.24, 2.45) is 0 Å². The van der Waals surface area contributed by atoms with Gasteiger partial charge in [-0.05, 0) is 32.0 Å². The van der Waals surface area contributed by atoms with Crippen LogP contribution in [-0.4, -0.2) is 27.3 Å². The van der Waals surface area contributed by atoms with Gasteiger partial charge in [-0.25, -0.2) is 9.59 Å². The maximum Gasteiger partial charge on any atom is 0.339 e. The number of carboxylic acid groups (broad SMARTS) is 2. The second-order valence-corrected chi connectivity index (χ2v) is 7.50. The van der Waals surface area contributed by atoms with Crippen molar-refractivity contribution in [1.29, 1.82) is 0 Å². The van der Waals surface area contributed by atoms with Crippen LogP contribution in [-0.2, 0) is 0 Å². The molecule has 0 saturated carbocycles. The molecule has 1 aliphatic heterocycles. The lowest BCUT2D eigenvalue weighted by Gasteiger charge is -2.20. The van der Waals surface area contributed by atoms with Crippen LogP contribution in [0.25, 0.3) is 33.4 Å². The van der Waals surface area contributed by atoms with Crippen LogP contribution in [0, 0.1) is 13.8 Å². The van der Waals surface area contributed by atoms with Gasteiger partial charge < -0.3 is 19.7 Å². The maximum absolute atomic E-state index is 12.6. The number of phenols is 1. The van der Waals surface area contributed by atoms with Gasteiger partial charge in [-0.2, -0.15) is 0 Å². The normalized spacial score (nSPS) is 11.2. The third-order valence-corrected chi connectivity index (χ3v) is 5.62. The van der Waals surface area contributed by atoms with Gasteiger partial charge in [-0.3, -0.25) is 4.79 Å². The lowest BCUT2D eigenvalue weighted by atomic mass is 9.89. The summed E-state index contributed by atoms with van der Waals surface area (Å²) >= 11 is 6.43. The van der Waals surface area contributed by atoms with Crippen molar-refractivity contribution >= 4 is 34.5 Å². The van der Waals surface area contributed by atoms with Gasteiger partial charge in [0.25, 0.3) is 0 Å². The highest BCUT2D eigenvalue weighted by Crippen LogP contribution is 2.46. The predicted molar refractivity (Wildman–Crippen MR) is 115 cm³/mol. The predicted octanol–water partition coefficient (Wildman–Crippen LogP) is 4.94. The minimum atomic E-state index is -1.40. The fraction of sp³-hybridized carbons (Fsp3) is 0.0870. The Morgan fingerprint density at radius 1 is 0.935 bits per heavy atom. The fourth-order valence-electron chi connectivity index (χ4n) is 3.73. The summed E-state index contributed by atoms with van der Waals surface area (Å²) in [5, 5.41) is 30.1. The summed E-state index contributed by atoms with van der Waals surface area (Å²) in [7, 11) is 0. The molecule has 0 saturated heterocycles. The van der Waals surface area contributed by atoms with Crippen LogP contribution in [0.4, 0.5) is 0 Å². The first-order valence-corrected chi connectivity index (χ1v) is 9.49. The Morgan fingerprint density at radius 2 is 1.58 bits per heavy atom. The number of aryl methyl sites for hydroxylation is 1. The Balaban J connectivity index is 2.36. The average molecular weight is 439 g/mol. The van der Waals surface area contributed by atoms with Crippen molar-refractivity contribution in [2.45, 2.75) is 13.8 Å². The molecule has 0 amide bonds. The zero-order chi connectivity index (χ0) is 22.6. The van der Waals surface area contributed by atoms with Crippen LogP contribution in [0.15, 0.2) is 45.6 Å². The van der Waals surface area contributed by atoms with Crippen LogP contribution < -0.4 is 5.43 Å². The van der Waals surface area contributed by atoms with Gasteiger partial charge in [0.05, 0.1) is 0 Å². The molecule has 1 heterocycles. The number of rotatable bonds is 3. The first-order chi connectivity index (χ1) is 14.6. The number of benzene rings is 3. The lowest BCUT2D eigenvalue weighted by Crippen LogP contribution is -2.18. The lowest BCUT2D eigenvalue weighted by molar-refractivity contribution is 0.0683. The van der Waals surface area contributed by atoms with E-state index in [4.69, 9.17) is 16.0 Å². The van der Waals surface area contributed by atoms with Gasteiger partial charge >= 0.3 is 11.9 Å². The smallest absolute Gasteiger partial charge is 0.339 e. The molecule has 0 radical (unpaired) electrons. The summed E-state index contributed by atoms with van der Waals surface area (Å²) in [5.41, 5.74) is 0.101. The van der Waals surface area contributed by atoms with E-state index in [1.165, 1.54) is 26.0 Å². The van der Waals surface area contributed by atoms with E-state index in [1.54, 1.807) is 24.3 Å². The van der Waals surface area contributed by atoms with E-state index >= 15 is 0 Å². The van der Waals surface area contributed by atoms with Crippen molar-refractivity contribution in [3.8, 4) is 28.2 Å². The first-order valence-electron chi connectivity index (χ1n) is 9.11. The number of carbonyl (C=O) groups is 2. The van der Waals surface area contributed by atoms with E-state index in [2.05, 4.69) is 0 Å². The zero-order valence-corrected chi connectivity index (χ0v) is 17.1. The number of fused-ring (bicyclic) bond motifs is 2. The number of hydrogen-bond acceptors (Lipinski definition) is 5. The minimum Gasteiger partial charge on any atom is -0.507 e. The Hall–Kier alpha value is -3.84. The quantitative estimate of drug-likeness (QED) is 0.387. The Bertz CT molecular complexity index is 1450. The molecular weight excluding hydrogens is 424 g/mol. The second kappa shape index (κ2) is 7.14. The largest absolute Gasteiger partial charge is 0.507 e. The van der Waals surface area contributed by atoms with Crippen molar-refractivity contribution in [2.75, 3.05) is 0 Å². The molecule has 156 valence electrons. The molecule has 0 aromatic heterocycles. The number of aromatic hydroxyl groups is 1. The molecule has 0 atom stereocenters. The van der Waals surface area contributed by atoms with Gasteiger partial charge in [0.15, 0.2) is 5.43 Å². The minimum absolute atomic E-state index is 0.0753. The highest BCUT2D eigenvalue weighted by Gasteiger charge is 2.28. The Labute approximate surface area is 180 Å². The number of aromatic carboxylic acids is 2. The molecule has 1 aliphatic carbocycles. The number of hydrogen-bond donors (Lipinski definition) is 3. The highest BCUT2D eigenvalue weighted by molar-refractivity contribution is 6.34. The molecule has 2 aliphatic rings. The SMILES string of the molecule is Cc1c2oc3c(C)c(O)c(C(=O)O)cc3c(-c3ccccc3Cl)c-2cc(C(=O)O)c1=O. The molecule has 4 rings (SSSR count). The summed E-state index contributed by atoms with van der Waals surface area (Å²) in [5.74, 6) is -3.07. The van der Waals surface area contributed by atoms with Crippen LogP contribution in [0.2, 0.25) is 5.02 Å². The summed E-state index contributed by atoms with van der Waals surface area (Å²) in [6, 6.07) is 9.23. The van der Waals surface area contributed by atoms with Crippen molar-refractivity contribution in [3.63, 3.8) is 0 Å². The Morgan fingerprint density at radius 3 is 2.19 bits per heavy atom. The van der Waals surface area contributed by atoms with Gasteiger partial charge in [0, 0.05) is 38.2 Å². The zero-order valence-electron chi connectivity index (χ0n) is 16.3. The van der Waals surface area contributed by atoms with Crippen molar-refractivity contribution in [1.82, 2.24) is 0 Å². The van der Waals surface area contributed by atoms with E-state index in [1.807, 2.05) is 0 Å².